The first-order chi connectivity index (χ1) is 9.89. The maximum atomic E-state index is 13.1. The molecule has 22 heavy (non-hydrogen) atoms. The van der Waals surface area contributed by atoms with E-state index in [-0.39, 0.29) is 10.3 Å². The van der Waals surface area contributed by atoms with Crippen molar-refractivity contribution < 1.29 is 4.21 Å². The van der Waals surface area contributed by atoms with Gasteiger partial charge in [-0.3, -0.25) is 0 Å². The highest BCUT2D eigenvalue weighted by Crippen LogP contribution is 2.60. The fourth-order valence-corrected chi connectivity index (χ4v) is 14.3. The zero-order valence-electron chi connectivity index (χ0n) is 15.9. The molecule has 0 bridgehead atoms. The molecule has 6 heteroatoms. The topological polar surface area (TPSA) is 29.1 Å². The van der Waals surface area contributed by atoms with Crippen molar-refractivity contribution in [1.29, 1.82) is 0 Å². The Hall–Kier alpha value is 1.19. The van der Waals surface area contributed by atoms with Gasteiger partial charge < -0.3 is 0 Å². The van der Waals surface area contributed by atoms with E-state index in [1.165, 1.54) is 0 Å². The number of hydrogen-bond acceptors (Lipinski definition) is 2. The second-order valence-electron chi connectivity index (χ2n) is 7.95. The lowest BCUT2D eigenvalue weighted by Crippen LogP contribution is -2.30. The van der Waals surface area contributed by atoms with Gasteiger partial charge in [0.2, 0.25) is 0 Å². The first-order valence-electron chi connectivity index (χ1n) is 8.45. The highest BCUT2D eigenvalue weighted by atomic mass is 32.7. The minimum Gasteiger partial charge on any atom is -0.238 e. The van der Waals surface area contributed by atoms with Gasteiger partial charge in [0.1, 0.15) is 10.6 Å². The average molecular weight is 386 g/mol. The van der Waals surface area contributed by atoms with Crippen LogP contribution in [0.4, 0.5) is 0 Å². The van der Waals surface area contributed by atoms with Crippen LogP contribution in [0.15, 0.2) is 0 Å². The molecule has 3 atom stereocenters. The van der Waals surface area contributed by atoms with E-state index in [0.29, 0.717) is 0 Å². The molecular weight excluding hydrogens is 348 g/mol. The van der Waals surface area contributed by atoms with Gasteiger partial charge >= 0.3 is 0 Å². The number of unbranched alkanes of at least 4 members (excludes halogenated alkanes) is 2. The van der Waals surface area contributed by atoms with Gasteiger partial charge in [0.05, 0.1) is 0 Å². The minimum absolute atomic E-state index is 0.0246. The summed E-state index contributed by atoms with van der Waals surface area (Å²) >= 11 is 6.05. The van der Waals surface area contributed by atoms with Gasteiger partial charge in [-0.15, -0.1) is 0 Å². The molecule has 134 valence electrons. The molecule has 0 rings (SSSR count). The van der Waals surface area contributed by atoms with Crippen molar-refractivity contribution >= 4 is 35.7 Å². The van der Waals surface area contributed by atoms with Gasteiger partial charge in [0, 0.05) is 18.5 Å². The van der Waals surface area contributed by atoms with Crippen molar-refractivity contribution in [2.45, 2.75) is 91.4 Å². The normalized spacial score (nSPS) is 18.7. The van der Waals surface area contributed by atoms with Crippen LogP contribution >= 0.6 is 13.3 Å². The third-order valence-electron chi connectivity index (χ3n) is 3.80. The van der Waals surface area contributed by atoms with E-state index in [9.17, 15) is 4.21 Å². The SMILES string of the molecule is CCCCP(S(=O)NP(=S)(CCCC)C(C)(C)C)C(C)(C)C. The Morgan fingerprint density at radius 2 is 1.55 bits per heavy atom. The van der Waals surface area contributed by atoms with E-state index >= 15 is 0 Å². The third kappa shape index (κ3) is 7.39. The van der Waals surface area contributed by atoms with Crippen molar-refractivity contribution in [3.63, 3.8) is 0 Å². The Morgan fingerprint density at radius 3 is 1.91 bits per heavy atom. The van der Waals surface area contributed by atoms with E-state index < -0.39 is 23.9 Å². The Labute approximate surface area is 148 Å². The largest absolute Gasteiger partial charge is 0.238 e. The smallest absolute Gasteiger partial charge is 0.118 e. The standard InChI is InChI=1S/C16H37NOP2S2/c1-9-11-13-19(15(3,4)5)22(18)17-20(21,14-12-10-2)16(6,7)8/h9-14H2,1-8H3,(H,17,21). The molecule has 0 aliphatic carbocycles. The predicted molar refractivity (Wildman–Crippen MR) is 112 cm³/mol. The van der Waals surface area contributed by atoms with Crippen LogP contribution in [-0.4, -0.2) is 26.8 Å². The van der Waals surface area contributed by atoms with E-state index in [0.717, 1.165) is 38.0 Å². The molecule has 2 nitrogen and oxygen atoms in total. The second kappa shape index (κ2) is 9.62. The summed E-state index contributed by atoms with van der Waals surface area (Å²) in [7, 11) is -1.56. The Morgan fingerprint density at radius 1 is 1.05 bits per heavy atom. The second-order valence-corrected chi connectivity index (χ2v) is 19.2. The molecule has 0 saturated heterocycles. The van der Waals surface area contributed by atoms with Crippen LogP contribution in [0.25, 0.3) is 0 Å². The molecule has 0 saturated carbocycles. The molecule has 0 heterocycles. The summed E-state index contributed by atoms with van der Waals surface area (Å²) in [5, 5.41) is 0.127. The molecule has 0 amide bonds. The van der Waals surface area contributed by atoms with Crippen LogP contribution in [-0.2, 0) is 22.4 Å². The minimum atomic E-state index is -1.83. The molecule has 0 aromatic rings. The highest BCUT2D eigenvalue weighted by molar-refractivity contribution is 8.48. The number of hydrogen-bond donors (Lipinski definition) is 1. The third-order valence-corrected chi connectivity index (χ3v) is 18.3. The number of rotatable bonds is 9. The van der Waals surface area contributed by atoms with Crippen LogP contribution < -0.4 is 4.49 Å². The maximum absolute atomic E-state index is 13.1. The lowest BCUT2D eigenvalue weighted by molar-refractivity contribution is 0.686. The van der Waals surface area contributed by atoms with E-state index in [1.807, 2.05) is 0 Å². The zero-order chi connectivity index (χ0) is 17.6. The van der Waals surface area contributed by atoms with Gasteiger partial charge in [0.25, 0.3) is 0 Å². The molecule has 0 aliphatic rings. The van der Waals surface area contributed by atoms with Crippen molar-refractivity contribution in [3.05, 3.63) is 0 Å². The molecular formula is C16H37NOP2S2. The molecule has 0 spiro atoms. The Balaban J connectivity index is 5.25. The predicted octanol–water partition coefficient (Wildman–Crippen LogP) is 6.23. The molecule has 0 fully saturated rings. The van der Waals surface area contributed by atoms with Gasteiger partial charge in [-0.1, -0.05) is 80.0 Å². The summed E-state index contributed by atoms with van der Waals surface area (Å²) in [6.07, 6.45) is 4.84. The van der Waals surface area contributed by atoms with Gasteiger partial charge in [-0.2, -0.15) is 0 Å². The van der Waals surface area contributed by atoms with Gasteiger partial charge in [0.15, 0.2) is 0 Å². The fourth-order valence-electron chi connectivity index (χ4n) is 2.04. The summed E-state index contributed by atoms with van der Waals surface area (Å²) in [4.78, 5) is 0. The summed E-state index contributed by atoms with van der Waals surface area (Å²) in [5.74, 6) is 0. The van der Waals surface area contributed by atoms with Crippen molar-refractivity contribution in [2.24, 2.45) is 0 Å². The molecule has 0 aromatic heterocycles. The van der Waals surface area contributed by atoms with Crippen LogP contribution in [0, 0.1) is 0 Å². The van der Waals surface area contributed by atoms with Crippen LogP contribution in [0.2, 0.25) is 0 Å². The van der Waals surface area contributed by atoms with E-state index in [4.69, 9.17) is 11.8 Å². The first kappa shape index (κ1) is 23.2. The van der Waals surface area contributed by atoms with E-state index in [1.54, 1.807) is 0 Å². The fraction of sp³-hybridized carbons (Fsp3) is 1.00. The maximum Gasteiger partial charge on any atom is 0.118 e. The average Bonchev–Trinajstić information content (AvgIpc) is 2.33. The monoisotopic (exact) mass is 385 g/mol. The number of nitrogens with one attached hydrogen (secondary N) is 1. The quantitative estimate of drug-likeness (QED) is 0.477. The highest BCUT2D eigenvalue weighted by Gasteiger charge is 2.37. The lowest BCUT2D eigenvalue weighted by Gasteiger charge is -2.38. The summed E-state index contributed by atoms with van der Waals surface area (Å²) in [6, 6.07) is 0. The Bertz CT molecular complexity index is 400. The van der Waals surface area contributed by atoms with Crippen molar-refractivity contribution in [2.75, 3.05) is 12.3 Å². The molecule has 1 N–H and O–H groups in total. The summed E-state index contributed by atoms with van der Waals surface area (Å²) in [6.45, 7) is 17.7. The van der Waals surface area contributed by atoms with Gasteiger partial charge in [-0.25, -0.2) is 8.70 Å². The molecule has 0 aromatic carbocycles. The summed E-state index contributed by atoms with van der Waals surface area (Å²) < 4.78 is 16.6. The van der Waals surface area contributed by atoms with E-state index in [2.05, 4.69) is 59.9 Å². The Kier molecular flexibility index (Phi) is 10.1. The van der Waals surface area contributed by atoms with Crippen molar-refractivity contribution in [3.8, 4) is 0 Å². The summed E-state index contributed by atoms with van der Waals surface area (Å²) in [5.41, 5.74) is 0. The van der Waals surface area contributed by atoms with Crippen LogP contribution in [0.3, 0.4) is 0 Å². The zero-order valence-corrected chi connectivity index (χ0v) is 19.3. The van der Waals surface area contributed by atoms with Crippen LogP contribution in [0.5, 0.6) is 0 Å². The molecule has 0 radical (unpaired) electrons. The molecule has 3 unspecified atom stereocenters. The van der Waals surface area contributed by atoms with Crippen LogP contribution in [0.1, 0.15) is 81.1 Å². The first-order valence-corrected chi connectivity index (χ1v) is 14.7. The van der Waals surface area contributed by atoms with Crippen molar-refractivity contribution in [1.82, 2.24) is 4.49 Å². The van der Waals surface area contributed by atoms with Gasteiger partial charge in [-0.05, 0) is 30.3 Å². The molecule has 0 aliphatic heterocycles. The lowest BCUT2D eigenvalue weighted by atomic mass is 10.3.